The first-order valence-corrected chi connectivity index (χ1v) is 12.5. The fourth-order valence-corrected chi connectivity index (χ4v) is 4.42. The van der Waals surface area contributed by atoms with Crippen LogP contribution in [0.25, 0.3) is 16.8 Å². The number of nitrogens with two attached hydrogens (primary N) is 1. The highest BCUT2D eigenvalue weighted by molar-refractivity contribution is 6.31. The van der Waals surface area contributed by atoms with E-state index in [2.05, 4.69) is 15.6 Å². The fraction of sp³-hybridized carbons (Fsp3) is 0.192. The Bertz CT molecular complexity index is 1620. The molecule has 39 heavy (non-hydrogen) atoms. The Balaban J connectivity index is 1.75. The van der Waals surface area contributed by atoms with Crippen molar-refractivity contribution in [3.8, 4) is 22.6 Å². The predicted octanol–water partition coefficient (Wildman–Crippen LogP) is 4.63. The first kappa shape index (κ1) is 27.8. The highest BCUT2D eigenvalue weighted by atomic mass is 35.5. The molecule has 0 aliphatic carbocycles. The van der Waals surface area contributed by atoms with Gasteiger partial charge in [0.25, 0.3) is 11.5 Å². The smallest absolute Gasteiger partial charge is 0.252 e. The molecule has 0 saturated carbocycles. The molecule has 0 saturated heterocycles. The maximum Gasteiger partial charge on any atom is 0.252 e. The lowest BCUT2D eigenvalue weighted by atomic mass is 10.0. The number of hydrogen-bond donors (Lipinski definition) is 2. The number of pyridine rings is 1. The van der Waals surface area contributed by atoms with E-state index in [1.807, 2.05) is 6.92 Å². The number of halogens is 3. The van der Waals surface area contributed by atoms with Gasteiger partial charge >= 0.3 is 0 Å². The van der Waals surface area contributed by atoms with E-state index in [1.54, 1.807) is 18.2 Å². The van der Waals surface area contributed by atoms with Gasteiger partial charge in [0.15, 0.2) is 5.15 Å². The van der Waals surface area contributed by atoms with Crippen molar-refractivity contribution in [1.29, 1.82) is 0 Å². The van der Waals surface area contributed by atoms with Crippen LogP contribution in [0.5, 0.6) is 5.75 Å². The molecule has 3 N–H and O–H groups in total. The minimum absolute atomic E-state index is 0.107. The summed E-state index contributed by atoms with van der Waals surface area (Å²) in [6, 6.07) is 8.92. The molecule has 2 aromatic heterocycles. The fourth-order valence-electron chi connectivity index (χ4n) is 4.12. The topological polar surface area (TPSA) is 134 Å². The highest BCUT2D eigenvalue weighted by Crippen LogP contribution is 2.35. The van der Waals surface area contributed by atoms with E-state index >= 15 is 0 Å². The monoisotopic (exact) mass is 572 g/mol. The molecule has 0 bridgehead atoms. The maximum atomic E-state index is 14.2. The molecule has 13 heteroatoms. The van der Waals surface area contributed by atoms with Gasteiger partial charge < -0.3 is 15.8 Å². The van der Waals surface area contributed by atoms with Gasteiger partial charge in [-0.25, -0.2) is 9.07 Å². The number of carbonyl (C=O) groups excluding carboxylic acids is 2. The Morgan fingerprint density at radius 2 is 1.90 bits per heavy atom. The molecule has 2 aromatic carbocycles. The van der Waals surface area contributed by atoms with Crippen LogP contribution in [0.2, 0.25) is 10.2 Å². The van der Waals surface area contributed by atoms with Crippen molar-refractivity contribution in [1.82, 2.24) is 19.6 Å². The quantitative estimate of drug-likeness (QED) is 0.300. The van der Waals surface area contributed by atoms with E-state index in [4.69, 9.17) is 33.7 Å². The summed E-state index contributed by atoms with van der Waals surface area (Å²) in [7, 11) is 1.43. The molecule has 202 valence electrons. The van der Waals surface area contributed by atoms with E-state index in [-0.39, 0.29) is 22.2 Å². The van der Waals surface area contributed by atoms with Crippen molar-refractivity contribution in [3.63, 3.8) is 0 Å². The molecule has 4 aromatic rings. The molecule has 0 aliphatic rings. The number of nitrogens with zero attached hydrogens (tertiary/aromatic N) is 4. The van der Waals surface area contributed by atoms with Crippen LogP contribution in [0, 0.1) is 5.82 Å². The summed E-state index contributed by atoms with van der Waals surface area (Å²) in [5, 5.41) is 11.0. The summed E-state index contributed by atoms with van der Waals surface area (Å²) in [5.74, 6) is -2.07. The normalized spacial score (nSPS) is 11.7. The molecule has 0 fully saturated rings. The van der Waals surface area contributed by atoms with Crippen molar-refractivity contribution in [2.24, 2.45) is 5.73 Å². The number of ether oxygens (including phenoxy) is 1. The molecule has 2 heterocycles. The second kappa shape index (κ2) is 11.7. The minimum Gasteiger partial charge on any atom is -0.495 e. The third kappa shape index (κ3) is 5.94. The third-order valence-corrected chi connectivity index (χ3v) is 6.34. The van der Waals surface area contributed by atoms with Crippen molar-refractivity contribution in [2.45, 2.75) is 25.8 Å². The minimum atomic E-state index is -0.947. The second-order valence-electron chi connectivity index (χ2n) is 8.50. The zero-order chi connectivity index (χ0) is 28.3. The van der Waals surface area contributed by atoms with Gasteiger partial charge in [0.2, 0.25) is 5.91 Å². The number of methoxy groups -OCH3 is 1. The lowest BCUT2D eigenvalue weighted by molar-refractivity contribution is -0.119. The summed E-state index contributed by atoms with van der Waals surface area (Å²) in [6.07, 6.45) is 3.81. The van der Waals surface area contributed by atoms with Crippen molar-refractivity contribution in [2.75, 3.05) is 12.4 Å². The van der Waals surface area contributed by atoms with E-state index in [0.717, 1.165) is 6.07 Å². The molecule has 2 amide bonds. The SMILES string of the molecule is CCC[C@@H](C(=O)Nc1ccc(C(N)=O)c(F)c1)n1cc(OC)c(-c2cc(Cl)ccc2-n2cc(Cl)nn2)cc1=O. The summed E-state index contributed by atoms with van der Waals surface area (Å²) in [5.41, 5.74) is 5.92. The van der Waals surface area contributed by atoms with Gasteiger partial charge in [-0.05, 0) is 42.8 Å². The van der Waals surface area contributed by atoms with Crippen molar-refractivity contribution >= 4 is 40.7 Å². The number of rotatable bonds is 9. The Kier molecular flexibility index (Phi) is 8.32. The molecular weight excluding hydrogens is 550 g/mol. The van der Waals surface area contributed by atoms with Gasteiger partial charge in [0.05, 0.1) is 30.8 Å². The number of nitrogens with one attached hydrogen (secondary N) is 1. The predicted molar refractivity (Wildman–Crippen MR) is 145 cm³/mol. The van der Waals surface area contributed by atoms with Crippen LogP contribution in [0.1, 0.15) is 36.2 Å². The summed E-state index contributed by atoms with van der Waals surface area (Å²) < 4.78 is 22.5. The Labute approximate surface area is 232 Å². The number of amides is 2. The maximum absolute atomic E-state index is 14.2. The lowest BCUT2D eigenvalue weighted by Crippen LogP contribution is -2.33. The lowest BCUT2D eigenvalue weighted by Gasteiger charge is -2.21. The number of hydrogen-bond acceptors (Lipinski definition) is 6. The molecule has 0 spiro atoms. The molecule has 0 aliphatic heterocycles. The van der Waals surface area contributed by atoms with Gasteiger partial charge in [-0.15, -0.1) is 5.10 Å². The van der Waals surface area contributed by atoms with Crippen LogP contribution in [0.4, 0.5) is 10.1 Å². The molecule has 4 rings (SSSR count). The second-order valence-corrected chi connectivity index (χ2v) is 9.32. The van der Waals surface area contributed by atoms with Gasteiger partial charge in [-0.1, -0.05) is 41.8 Å². The van der Waals surface area contributed by atoms with E-state index in [1.165, 1.54) is 47.0 Å². The van der Waals surface area contributed by atoms with Crippen LogP contribution >= 0.6 is 23.2 Å². The molecule has 10 nitrogen and oxygen atoms in total. The van der Waals surface area contributed by atoms with Gasteiger partial charge in [0.1, 0.15) is 17.6 Å². The average Bonchev–Trinajstić information content (AvgIpc) is 3.33. The number of anilines is 1. The van der Waals surface area contributed by atoms with Crippen LogP contribution < -0.4 is 21.3 Å². The average molecular weight is 573 g/mol. The molecule has 0 radical (unpaired) electrons. The third-order valence-electron chi connectivity index (χ3n) is 5.93. The van der Waals surface area contributed by atoms with Gasteiger partial charge in [-0.2, -0.15) is 0 Å². The molecule has 0 unspecified atom stereocenters. The molecule has 1 atom stereocenters. The zero-order valence-corrected chi connectivity index (χ0v) is 22.3. The standard InChI is InChI=1S/C26H23Cl2FN6O4/c1-3-4-21(26(38)31-15-6-7-16(25(30)37)19(29)10-15)34-12-22(39-2)18(11-24(34)36)17-9-14(27)5-8-20(17)35-13-23(28)32-33-35/h5-13,21H,3-4H2,1-2H3,(H2,30,37)(H,31,38)/t21-/m0/s1. The number of primary amides is 1. The first-order chi connectivity index (χ1) is 18.6. The van der Waals surface area contributed by atoms with Gasteiger partial charge in [-0.3, -0.25) is 19.0 Å². The van der Waals surface area contributed by atoms with E-state index in [9.17, 15) is 18.8 Å². The number of carbonyl (C=O) groups is 2. The van der Waals surface area contributed by atoms with Crippen LogP contribution in [0.15, 0.2) is 59.7 Å². The Hall–Kier alpha value is -4.22. The Morgan fingerprint density at radius 1 is 1.13 bits per heavy atom. The first-order valence-electron chi connectivity index (χ1n) is 11.7. The summed E-state index contributed by atoms with van der Waals surface area (Å²) >= 11 is 12.2. The summed E-state index contributed by atoms with van der Waals surface area (Å²) in [4.78, 5) is 38.0. The highest BCUT2D eigenvalue weighted by Gasteiger charge is 2.24. The van der Waals surface area contributed by atoms with Crippen molar-refractivity contribution in [3.05, 3.63) is 86.8 Å². The number of benzene rings is 2. The largest absolute Gasteiger partial charge is 0.495 e. The Morgan fingerprint density at radius 3 is 2.51 bits per heavy atom. The van der Waals surface area contributed by atoms with Crippen LogP contribution in [0.3, 0.4) is 0 Å². The van der Waals surface area contributed by atoms with Gasteiger partial charge in [0, 0.05) is 27.9 Å². The van der Waals surface area contributed by atoms with Crippen LogP contribution in [-0.2, 0) is 4.79 Å². The van der Waals surface area contributed by atoms with Crippen LogP contribution in [-0.4, -0.2) is 38.5 Å². The molecular formula is C26H23Cl2FN6O4. The summed E-state index contributed by atoms with van der Waals surface area (Å²) in [6.45, 7) is 1.86. The number of aromatic nitrogens is 4. The van der Waals surface area contributed by atoms with E-state index in [0.29, 0.717) is 34.7 Å². The zero-order valence-electron chi connectivity index (χ0n) is 20.8. The van der Waals surface area contributed by atoms with Crippen molar-refractivity contribution < 1.29 is 18.7 Å². The van der Waals surface area contributed by atoms with E-state index < -0.39 is 29.2 Å².